The van der Waals surface area contributed by atoms with Gasteiger partial charge < -0.3 is 4.74 Å². The summed E-state index contributed by atoms with van der Waals surface area (Å²) in [5, 5.41) is 8.25. The van der Waals surface area contributed by atoms with Gasteiger partial charge in [0.25, 0.3) is 0 Å². The Morgan fingerprint density at radius 1 is 1.35 bits per heavy atom. The number of methoxy groups -OCH3 is 1. The first-order valence-corrected chi connectivity index (χ1v) is 6.77. The summed E-state index contributed by atoms with van der Waals surface area (Å²) in [5.74, 6) is 0.275. The lowest BCUT2D eigenvalue weighted by Gasteiger charge is -2.14. The van der Waals surface area contributed by atoms with E-state index in [0.29, 0.717) is 0 Å². The molecule has 0 saturated carbocycles. The van der Waals surface area contributed by atoms with E-state index < -0.39 is 0 Å². The van der Waals surface area contributed by atoms with E-state index in [2.05, 4.69) is 26.3 Å². The van der Waals surface area contributed by atoms with Crippen molar-refractivity contribution in [3.05, 3.63) is 42.0 Å². The number of rotatable bonds is 4. The molecule has 106 valence electrons. The molecule has 2 atom stereocenters. The van der Waals surface area contributed by atoms with Gasteiger partial charge in [-0.3, -0.25) is 14.6 Å². The van der Waals surface area contributed by atoms with Gasteiger partial charge in [0.15, 0.2) is 0 Å². The zero-order valence-corrected chi connectivity index (χ0v) is 11.8. The van der Waals surface area contributed by atoms with Crippen LogP contribution in [0.15, 0.2) is 30.6 Å². The smallest absolute Gasteiger partial charge is 0.0897 e. The average molecular weight is 273 g/mol. The summed E-state index contributed by atoms with van der Waals surface area (Å²) in [4.78, 5) is 6.74. The summed E-state index contributed by atoms with van der Waals surface area (Å²) < 4.78 is 7.36. The fourth-order valence-corrected chi connectivity index (χ4v) is 2.76. The first kappa shape index (κ1) is 13.2. The Morgan fingerprint density at radius 2 is 2.25 bits per heavy atom. The lowest BCUT2D eigenvalue weighted by molar-refractivity contribution is 0.0956. The molecule has 1 fully saturated rings. The van der Waals surface area contributed by atoms with Crippen molar-refractivity contribution >= 4 is 0 Å². The molecule has 3 heterocycles. The van der Waals surface area contributed by atoms with Crippen LogP contribution in [0.1, 0.15) is 17.3 Å². The number of aromatic nitrogens is 4. The minimum absolute atomic E-state index is 0.162. The maximum atomic E-state index is 5.62. The predicted octanol–water partition coefficient (Wildman–Crippen LogP) is 0.825. The molecule has 3 rings (SSSR count). The zero-order valence-electron chi connectivity index (χ0n) is 11.8. The highest BCUT2D eigenvalue weighted by atomic mass is 16.5. The Bertz CT molecular complexity index is 556. The van der Waals surface area contributed by atoms with Crippen LogP contribution in [0.2, 0.25) is 0 Å². The van der Waals surface area contributed by atoms with E-state index in [1.807, 2.05) is 31.6 Å². The quantitative estimate of drug-likeness (QED) is 0.825. The van der Waals surface area contributed by atoms with Crippen molar-refractivity contribution in [2.75, 3.05) is 20.2 Å². The topological polar surface area (TPSA) is 56.1 Å². The molecule has 1 saturated heterocycles. The molecule has 0 bridgehead atoms. The molecule has 0 N–H and O–H groups in total. The van der Waals surface area contributed by atoms with Crippen LogP contribution >= 0.6 is 0 Å². The molecule has 0 radical (unpaired) electrons. The van der Waals surface area contributed by atoms with Gasteiger partial charge in [0.1, 0.15) is 0 Å². The fraction of sp³-hybridized carbons (Fsp3) is 0.500. The van der Waals surface area contributed by atoms with Gasteiger partial charge in [0.05, 0.1) is 17.5 Å². The van der Waals surface area contributed by atoms with E-state index in [1.54, 1.807) is 11.8 Å². The first-order chi connectivity index (χ1) is 9.76. The lowest BCUT2D eigenvalue weighted by Crippen LogP contribution is -2.23. The molecule has 0 unspecified atom stereocenters. The van der Waals surface area contributed by atoms with Gasteiger partial charge in [-0.05, 0) is 12.1 Å². The molecule has 2 aromatic heterocycles. The molecule has 0 amide bonds. The normalized spacial score (nSPS) is 23.3. The number of ether oxygens (including phenoxy) is 1. The van der Waals surface area contributed by atoms with Crippen LogP contribution in [0.25, 0.3) is 0 Å². The number of hydrogen-bond acceptors (Lipinski definition) is 5. The Hall–Kier alpha value is -1.79. The van der Waals surface area contributed by atoms with Gasteiger partial charge in [-0.25, -0.2) is 0 Å². The van der Waals surface area contributed by atoms with Gasteiger partial charge in [-0.2, -0.15) is 0 Å². The van der Waals surface area contributed by atoms with Crippen LogP contribution < -0.4 is 0 Å². The lowest BCUT2D eigenvalue weighted by atomic mass is 10.0. The first-order valence-electron chi connectivity index (χ1n) is 6.77. The van der Waals surface area contributed by atoms with Crippen LogP contribution in [0, 0.1) is 0 Å². The summed E-state index contributed by atoms with van der Waals surface area (Å²) in [7, 11) is 3.65. The Balaban J connectivity index is 1.71. The average Bonchev–Trinajstić information content (AvgIpc) is 3.06. The third kappa shape index (κ3) is 2.71. The second-order valence-electron chi connectivity index (χ2n) is 5.21. The van der Waals surface area contributed by atoms with E-state index in [9.17, 15) is 0 Å². The molecule has 2 aromatic rings. The van der Waals surface area contributed by atoms with Crippen LogP contribution in [-0.4, -0.2) is 51.2 Å². The monoisotopic (exact) mass is 273 g/mol. The third-order valence-electron chi connectivity index (χ3n) is 3.76. The molecular formula is C14H19N5O. The second-order valence-corrected chi connectivity index (χ2v) is 5.21. The van der Waals surface area contributed by atoms with Crippen LogP contribution in [-0.2, 0) is 18.3 Å². The molecule has 6 nitrogen and oxygen atoms in total. The highest BCUT2D eigenvalue weighted by molar-refractivity contribution is 5.11. The second kappa shape index (κ2) is 5.68. The molecule has 1 aliphatic rings. The van der Waals surface area contributed by atoms with Gasteiger partial charge in [0, 0.05) is 52.1 Å². The number of aryl methyl sites for hydroxylation is 1. The van der Waals surface area contributed by atoms with Gasteiger partial charge in [-0.1, -0.05) is 11.3 Å². The van der Waals surface area contributed by atoms with E-state index >= 15 is 0 Å². The number of nitrogens with zero attached hydrogens (tertiary/aromatic N) is 5. The van der Waals surface area contributed by atoms with Crippen molar-refractivity contribution in [2.24, 2.45) is 7.05 Å². The molecule has 0 aromatic carbocycles. The number of likely N-dealkylation sites (tertiary alicyclic amines) is 1. The minimum atomic E-state index is 0.162. The number of pyridine rings is 1. The predicted molar refractivity (Wildman–Crippen MR) is 74.1 cm³/mol. The maximum absolute atomic E-state index is 5.62. The van der Waals surface area contributed by atoms with Crippen molar-refractivity contribution in [1.29, 1.82) is 0 Å². The molecule has 6 heteroatoms. The van der Waals surface area contributed by atoms with Crippen molar-refractivity contribution in [3.63, 3.8) is 0 Å². The van der Waals surface area contributed by atoms with Crippen molar-refractivity contribution < 1.29 is 4.74 Å². The van der Waals surface area contributed by atoms with Crippen molar-refractivity contribution in [1.82, 2.24) is 24.9 Å². The summed E-state index contributed by atoms with van der Waals surface area (Å²) in [6, 6.07) is 6.01. The maximum Gasteiger partial charge on any atom is 0.0897 e. The largest absolute Gasteiger partial charge is 0.379 e. The summed E-state index contributed by atoms with van der Waals surface area (Å²) in [5.41, 5.74) is 2.09. The highest BCUT2D eigenvalue weighted by Gasteiger charge is 2.35. The fourth-order valence-electron chi connectivity index (χ4n) is 2.76. The molecule has 0 spiro atoms. The van der Waals surface area contributed by atoms with E-state index in [-0.39, 0.29) is 12.0 Å². The van der Waals surface area contributed by atoms with Crippen LogP contribution in [0.4, 0.5) is 0 Å². The van der Waals surface area contributed by atoms with Gasteiger partial charge in [0.2, 0.25) is 0 Å². The van der Waals surface area contributed by atoms with Crippen molar-refractivity contribution in [3.8, 4) is 0 Å². The summed E-state index contributed by atoms with van der Waals surface area (Å²) in [6.45, 7) is 2.67. The van der Waals surface area contributed by atoms with E-state index in [1.165, 1.54) is 0 Å². The van der Waals surface area contributed by atoms with E-state index in [0.717, 1.165) is 31.0 Å². The highest BCUT2D eigenvalue weighted by Crippen LogP contribution is 2.28. The van der Waals surface area contributed by atoms with Gasteiger partial charge >= 0.3 is 0 Å². The summed E-state index contributed by atoms with van der Waals surface area (Å²) >= 11 is 0. The van der Waals surface area contributed by atoms with Crippen LogP contribution in [0.5, 0.6) is 0 Å². The molecular weight excluding hydrogens is 254 g/mol. The van der Waals surface area contributed by atoms with Gasteiger partial charge in [-0.15, -0.1) is 5.10 Å². The zero-order chi connectivity index (χ0) is 13.9. The molecule has 0 aliphatic carbocycles. The minimum Gasteiger partial charge on any atom is -0.379 e. The van der Waals surface area contributed by atoms with Crippen molar-refractivity contribution in [2.45, 2.75) is 18.6 Å². The summed E-state index contributed by atoms with van der Waals surface area (Å²) in [6.07, 6.45) is 3.97. The molecule has 20 heavy (non-hydrogen) atoms. The van der Waals surface area contributed by atoms with Crippen LogP contribution in [0.3, 0.4) is 0 Å². The van der Waals surface area contributed by atoms with E-state index in [4.69, 9.17) is 4.74 Å². The standard InChI is InChI=1S/C14H19N5O/c1-18-9-13(16-17-18)12-8-19(10-14(12)20-2)7-11-5-3-4-6-15-11/h3-6,9,12,14H,7-8,10H2,1-2H3/t12-,14+/m0/s1. The SMILES string of the molecule is CO[C@@H]1CN(Cc2ccccn2)C[C@H]1c1cn(C)nn1. The Kier molecular flexibility index (Phi) is 3.75. The Labute approximate surface area is 118 Å². The molecule has 1 aliphatic heterocycles. The Morgan fingerprint density at radius 3 is 2.90 bits per heavy atom. The third-order valence-corrected chi connectivity index (χ3v) is 3.76. The number of hydrogen-bond donors (Lipinski definition) is 0.